The van der Waals surface area contributed by atoms with Crippen LogP contribution in [0, 0.1) is 13.8 Å². The minimum Gasteiger partial charge on any atom is -0.744 e. The summed E-state index contributed by atoms with van der Waals surface area (Å²) in [5.74, 6) is -1.08. The van der Waals surface area contributed by atoms with Crippen LogP contribution in [-0.4, -0.2) is 55.7 Å². The quantitative estimate of drug-likeness (QED) is 0.0963. The largest absolute Gasteiger partial charge is 3.00 e. The van der Waals surface area contributed by atoms with Crippen molar-refractivity contribution in [3.05, 3.63) is 153 Å². The van der Waals surface area contributed by atoms with Crippen LogP contribution in [0.15, 0.2) is 161 Å². The SMILES string of the molecule is Cc1[nH]n(-c2ccccc2)c(=O)c1N=Nc1c(O)cc(S(=O)(=O)[O-])c2ccccc12.Cc1[nH]n(-c2ccccc2)c(=O)c1N=Nc1c(O)cc(S(=O)(=O)[O-])c2ccccc12.[Cr+3].[Na+].[Na+]. The maximum atomic E-state index is 12.7. The number of aromatic nitrogens is 4. The number of hydrogen-bond acceptors (Lipinski definition) is 14. The predicted octanol–water partition coefficient (Wildman–Crippen LogP) is 1.31. The summed E-state index contributed by atoms with van der Waals surface area (Å²) in [7, 11) is -9.63. The molecule has 63 heavy (non-hydrogen) atoms. The van der Waals surface area contributed by atoms with Crippen LogP contribution in [0.25, 0.3) is 32.9 Å². The van der Waals surface area contributed by atoms with Gasteiger partial charge in [0.1, 0.15) is 43.1 Å². The van der Waals surface area contributed by atoms with Gasteiger partial charge >= 0.3 is 76.5 Å². The van der Waals surface area contributed by atoms with Gasteiger partial charge in [-0.2, -0.15) is 0 Å². The van der Waals surface area contributed by atoms with Gasteiger partial charge in [0.2, 0.25) is 0 Å². The van der Waals surface area contributed by atoms with Crippen molar-refractivity contribution in [1.29, 1.82) is 0 Å². The van der Waals surface area contributed by atoms with E-state index in [2.05, 4.69) is 30.7 Å². The summed E-state index contributed by atoms with van der Waals surface area (Å²) in [5.41, 5.74) is 1.22. The van der Waals surface area contributed by atoms with E-state index in [0.717, 1.165) is 12.1 Å². The molecule has 0 saturated heterocycles. The summed E-state index contributed by atoms with van der Waals surface area (Å²) in [5, 5.41) is 43.1. The maximum absolute atomic E-state index is 12.7. The van der Waals surface area contributed by atoms with Crippen molar-refractivity contribution in [2.75, 3.05) is 0 Å². The Balaban J connectivity index is 0.000000264. The molecule has 0 unspecified atom stereocenters. The van der Waals surface area contributed by atoms with E-state index in [1.807, 2.05) is 12.1 Å². The zero-order valence-electron chi connectivity index (χ0n) is 33.6. The molecule has 307 valence electrons. The number of H-pyrrole nitrogens is 2. The van der Waals surface area contributed by atoms with Gasteiger partial charge < -0.3 is 19.3 Å². The number of fused-ring (bicyclic) bond motifs is 2. The number of aromatic hydroxyl groups is 2. The van der Waals surface area contributed by atoms with E-state index < -0.39 is 52.6 Å². The van der Waals surface area contributed by atoms with Crippen molar-refractivity contribution in [3.8, 4) is 22.9 Å². The molecule has 0 spiro atoms. The number of benzene rings is 6. The third kappa shape index (κ3) is 10.7. The number of hydrogen-bond donors (Lipinski definition) is 4. The Hall–Kier alpha value is -4.99. The van der Waals surface area contributed by atoms with Gasteiger partial charge in [0.15, 0.2) is 11.4 Å². The number of aryl methyl sites for hydroxylation is 2. The van der Waals surface area contributed by atoms with E-state index in [4.69, 9.17) is 0 Å². The van der Waals surface area contributed by atoms with Crippen molar-refractivity contribution in [2.45, 2.75) is 23.6 Å². The number of aromatic amines is 2. The number of azo groups is 2. The second-order valence-corrected chi connectivity index (χ2v) is 15.7. The van der Waals surface area contributed by atoms with Gasteiger partial charge in [0.25, 0.3) is 11.1 Å². The van der Waals surface area contributed by atoms with Crippen LogP contribution >= 0.6 is 0 Å². The molecule has 0 fully saturated rings. The van der Waals surface area contributed by atoms with Gasteiger partial charge in [0.05, 0.1) is 32.6 Å². The molecule has 0 atom stereocenters. The molecule has 0 amide bonds. The fourth-order valence-electron chi connectivity index (χ4n) is 6.28. The van der Waals surface area contributed by atoms with Crippen LogP contribution in [0.3, 0.4) is 0 Å². The molecule has 1 radical (unpaired) electrons. The molecule has 18 nitrogen and oxygen atoms in total. The van der Waals surface area contributed by atoms with Gasteiger partial charge in [-0.15, -0.1) is 20.5 Å². The minimum atomic E-state index is -4.82. The molecule has 2 heterocycles. The third-order valence-corrected chi connectivity index (χ3v) is 10.8. The standard InChI is InChI=1S/2C20H16N4O5S.Cr.2Na/c2*1-12-18(20(26)24(23-12)13-7-3-2-4-8-13)21-22-19-15-10-6-5-9-14(15)17(11-16(19)25)30(27,28)29;;;/h2*2-11,23,25H,1H3,(H,27,28,29);;;/q;;+3;2*+1/p-2. The Morgan fingerprint density at radius 1 is 0.492 bits per heavy atom. The first-order valence-corrected chi connectivity index (χ1v) is 20.3. The van der Waals surface area contributed by atoms with Crippen LogP contribution in [0.1, 0.15) is 11.4 Å². The van der Waals surface area contributed by atoms with Crippen molar-refractivity contribution >= 4 is 64.5 Å². The van der Waals surface area contributed by atoms with E-state index in [1.54, 1.807) is 86.6 Å². The van der Waals surface area contributed by atoms with Gasteiger partial charge in [-0.25, -0.2) is 26.2 Å². The van der Waals surface area contributed by atoms with Gasteiger partial charge in [-0.1, -0.05) is 84.9 Å². The minimum absolute atomic E-state index is 0. The Bertz CT molecular complexity index is 3150. The zero-order valence-corrected chi connectivity index (χ0v) is 40.5. The van der Waals surface area contributed by atoms with Crippen molar-refractivity contribution in [3.63, 3.8) is 0 Å². The molecule has 0 aliphatic rings. The van der Waals surface area contributed by atoms with Crippen LogP contribution in [-0.2, 0) is 37.6 Å². The topological polar surface area (TPSA) is 280 Å². The molecule has 2 aromatic heterocycles. The molecule has 4 N–H and O–H groups in total. The Labute approximate surface area is 413 Å². The van der Waals surface area contributed by atoms with E-state index in [1.165, 1.54) is 33.6 Å². The Kier molecular flexibility index (Phi) is 16.6. The van der Waals surface area contributed by atoms with Crippen molar-refractivity contribution < 1.29 is 113 Å². The average Bonchev–Trinajstić information content (AvgIpc) is 3.68. The summed E-state index contributed by atoms with van der Waals surface area (Å²) in [6.07, 6.45) is 0. The second kappa shape index (κ2) is 20.7. The van der Waals surface area contributed by atoms with Crippen LogP contribution in [0.2, 0.25) is 0 Å². The number of phenols is 2. The molecular weight excluding hydrogens is 915 g/mol. The van der Waals surface area contributed by atoms with Gasteiger partial charge in [-0.05, 0) is 38.1 Å². The fourth-order valence-corrected chi connectivity index (χ4v) is 7.68. The number of para-hydroxylation sites is 2. The third-order valence-electron chi connectivity index (χ3n) is 9.06. The second-order valence-electron chi connectivity index (χ2n) is 13.0. The number of nitrogens with zero attached hydrogens (tertiary/aromatic N) is 6. The first-order valence-electron chi connectivity index (χ1n) is 17.5. The van der Waals surface area contributed by atoms with Crippen molar-refractivity contribution in [1.82, 2.24) is 19.6 Å². The first-order chi connectivity index (χ1) is 28.5. The molecule has 0 aliphatic carbocycles. The molecular formula is C40H30CrN8Na2O10S2+3. The summed E-state index contributed by atoms with van der Waals surface area (Å²) >= 11 is 0. The smallest absolute Gasteiger partial charge is 0.744 e. The fraction of sp³-hybridized carbons (Fsp3) is 0.0500. The Morgan fingerprint density at radius 3 is 1.10 bits per heavy atom. The summed E-state index contributed by atoms with van der Waals surface area (Å²) in [4.78, 5) is 24.4. The predicted molar refractivity (Wildman–Crippen MR) is 218 cm³/mol. The summed E-state index contributed by atoms with van der Waals surface area (Å²) < 4.78 is 71.9. The van der Waals surface area contributed by atoms with Crippen LogP contribution in [0.5, 0.6) is 11.5 Å². The normalized spacial score (nSPS) is 11.5. The zero-order chi connectivity index (χ0) is 42.9. The van der Waals surface area contributed by atoms with Crippen molar-refractivity contribution in [2.24, 2.45) is 20.5 Å². The molecule has 0 bridgehead atoms. The number of nitrogens with one attached hydrogen (secondary N) is 2. The molecule has 0 saturated carbocycles. The molecule has 8 aromatic rings. The number of phenolic OH excluding ortho intramolecular Hbond substituents is 2. The first kappa shape index (κ1) is 50.7. The summed E-state index contributed by atoms with van der Waals surface area (Å²) in [6, 6.07) is 31.7. The van der Waals surface area contributed by atoms with E-state index >= 15 is 0 Å². The molecule has 23 heteroatoms. The van der Waals surface area contributed by atoms with E-state index in [9.17, 15) is 45.7 Å². The Morgan fingerprint density at radius 2 is 0.778 bits per heavy atom. The monoisotopic (exact) mass is 944 g/mol. The molecule has 6 aromatic carbocycles. The van der Waals surface area contributed by atoms with Gasteiger partial charge in [0, 0.05) is 33.7 Å². The van der Waals surface area contributed by atoms with E-state index in [-0.39, 0.29) is 121 Å². The van der Waals surface area contributed by atoms with Crippen LogP contribution in [0.4, 0.5) is 22.7 Å². The maximum Gasteiger partial charge on any atom is 3.00 e. The average molecular weight is 945 g/mol. The number of rotatable bonds is 8. The van der Waals surface area contributed by atoms with Crippen LogP contribution < -0.4 is 70.2 Å². The summed E-state index contributed by atoms with van der Waals surface area (Å²) in [6.45, 7) is 3.31. The van der Waals surface area contributed by atoms with E-state index in [0.29, 0.717) is 22.8 Å². The van der Waals surface area contributed by atoms with Gasteiger partial charge in [-0.3, -0.25) is 19.8 Å². The molecule has 8 rings (SSSR count). The molecule has 0 aliphatic heterocycles.